The molecule has 10 fully saturated rings. The van der Waals surface area contributed by atoms with Crippen molar-refractivity contribution in [3.05, 3.63) is 71.8 Å². The molecule has 12 rings (SSSR count). The average molecular weight is 1940 g/mol. The molecule has 0 aromatic heterocycles. The molecule has 2 amide bonds. The molecule has 10 saturated heterocycles. The molecule has 41 heteroatoms. The number of carbonyl (C=O) groups excluding carboxylic acids is 2. The van der Waals surface area contributed by atoms with Crippen molar-refractivity contribution in [2.75, 3.05) is 39.6 Å². The molecule has 0 aliphatic carbocycles. The molecule has 0 radical (unpaired) electrons. The molecule has 10 heterocycles. The summed E-state index contributed by atoms with van der Waals surface area (Å²) in [6, 6.07) is 17.1. The van der Waals surface area contributed by atoms with Crippen molar-refractivity contribution in [1.29, 1.82) is 0 Å². The summed E-state index contributed by atoms with van der Waals surface area (Å²) < 4.78 is 126. The molecule has 134 heavy (non-hydrogen) atoms. The first-order valence-corrected chi connectivity index (χ1v) is 47.0. The maximum atomic E-state index is 12.6. The van der Waals surface area contributed by atoms with Gasteiger partial charge in [-0.3, -0.25) is 9.59 Å². The zero-order valence-corrected chi connectivity index (χ0v) is 79.5. The maximum Gasteiger partial charge on any atom is 0.217 e. The van der Waals surface area contributed by atoms with Crippen molar-refractivity contribution in [1.82, 2.24) is 10.6 Å². The van der Waals surface area contributed by atoms with Gasteiger partial charge < -0.3 is 201 Å². The van der Waals surface area contributed by atoms with Crippen molar-refractivity contribution in [2.45, 2.75) is 403 Å². The van der Waals surface area contributed by atoms with Crippen molar-refractivity contribution >= 4 is 25.3 Å². The molecule has 2 aromatic carbocycles. The number of nitrogens with one attached hydrogen (secondary N) is 2. The third kappa shape index (κ3) is 26.5. The van der Waals surface area contributed by atoms with Crippen LogP contribution in [-0.4, -0.2) is 379 Å². The van der Waals surface area contributed by atoms with Gasteiger partial charge in [0.05, 0.1) is 89.5 Å². The van der Waals surface area contributed by atoms with Gasteiger partial charge in [0.1, 0.15) is 146 Å². The van der Waals surface area contributed by atoms with Crippen LogP contribution in [0.4, 0.5) is 0 Å². The number of amides is 2. The molecular formula is C93H154N2O38S-2. The van der Waals surface area contributed by atoms with Crippen LogP contribution in [-0.2, 0) is 131 Å². The molecule has 772 valence electrons. The Morgan fingerprint density at radius 3 is 1.12 bits per heavy atom. The highest BCUT2D eigenvalue weighted by Crippen LogP contribution is 2.46. The van der Waals surface area contributed by atoms with E-state index < -0.39 is 254 Å². The highest BCUT2D eigenvalue weighted by atomic mass is 32.1. The minimum atomic E-state index is -2.18. The summed E-state index contributed by atoms with van der Waals surface area (Å²) in [7, 11) is 0. The van der Waals surface area contributed by atoms with Crippen LogP contribution >= 0.6 is 0 Å². The average Bonchev–Trinajstić information content (AvgIpc) is 0.765. The highest BCUT2D eigenvalue weighted by molar-refractivity contribution is 7.37. The van der Waals surface area contributed by atoms with Crippen molar-refractivity contribution in [3.63, 3.8) is 0 Å². The monoisotopic (exact) mass is 1940 g/mol. The van der Waals surface area contributed by atoms with Crippen LogP contribution in [0.1, 0.15) is 155 Å². The molecule has 40 nitrogen and oxygen atoms in total. The molecular weight excluding hydrogens is 1790 g/mol. The lowest BCUT2D eigenvalue weighted by molar-refractivity contribution is -0.384. The number of rotatable bonds is 34. The van der Waals surface area contributed by atoms with Crippen LogP contribution in [0.3, 0.4) is 0 Å². The number of hydrogen-bond donors (Lipinski definition) is 18. The molecule has 0 saturated carbocycles. The van der Waals surface area contributed by atoms with Crippen molar-refractivity contribution < 1.29 is 186 Å². The van der Waals surface area contributed by atoms with Gasteiger partial charge in [0.25, 0.3) is 0 Å². The highest BCUT2D eigenvalue weighted by Gasteiger charge is 2.60. The van der Waals surface area contributed by atoms with Crippen LogP contribution in [0, 0.1) is 59.2 Å². The number of carbonyl (C=O) groups is 2. The topological polar surface area (TPSA) is 566 Å². The summed E-state index contributed by atoms with van der Waals surface area (Å²) in [4.78, 5) is 24.2. The number of ether oxygens (including phenoxy) is 20. The molecule has 10 aliphatic heterocycles. The molecule has 0 spiro atoms. The van der Waals surface area contributed by atoms with E-state index in [0.29, 0.717) is 36.7 Å². The molecule has 18 N–H and O–H groups in total. The van der Waals surface area contributed by atoms with Gasteiger partial charge in [-0.1, -0.05) is 165 Å². The van der Waals surface area contributed by atoms with Crippen LogP contribution in [0.2, 0.25) is 0 Å². The van der Waals surface area contributed by atoms with E-state index in [1.165, 1.54) is 0 Å². The van der Waals surface area contributed by atoms with Gasteiger partial charge in [-0.15, -0.1) is 0 Å². The molecule has 21 unspecified atom stereocenters. The number of aliphatic hydroxyl groups is 16. The van der Waals surface area contributed by atoms with Crippen LogP contribution in [0.15, 0.2) is 60.7 Å². The Hall–Kier alpha value is -3.71. The van der Waals surface area contributed by atoms with E-state index in [2.05, 4.69) is 120 Å². The zero-order valence-electron chi connectivity index (χ0n) is 78.7. The summed E-state index contributed by atoms with van der Waals surface area (Å²) >= 11 is 0. The van der Waals surface area contributed by atoms with Crippen LogP contribution in [0.25, 0.3) is 0 Å². The predicted molar refractivity (Wildman–Crippen MR) is 473 cm³/mol. The fourth-order valence-corrected chi connectivity index (χ4v) is 19.6. The Morgan fingerprint density at radius 2 is 0.619 bits per heavy atom. The Bertz CT molecular complexity index is 3730. The summed E-state index contributed by atoms with van der Waals surface area (Å²) in [6.45, 7) is 29.4. The van der Waals surface area contributed by atoms with Gasteiger partial charge in [0.2, 0.25) is 11.8 Å². The van der Waals surface area contributed by atoms with E-state index in [1.807, 2.05) is 48.5 Å². The Kier molecular flexibility index (Phi) is 44.2. The lowest BCUT2D eigenvalue weighted by Gasteiger charge is -2.52. The fourth-order valence-electron chi connectivity index (χ4n) is 19.6. The van der Waals surface area contributed by atoms with Crippen LogP contribution < -0.4 is 10.6 Å². The quantitative estimate of drug-likeness (QED) is 0.0436. The van der Waals surface area contributed by atoms with E-state index in [4.69, 9.17) is 94.7 Å². The van der Waals surface area contributed by atoms with Gasteiger partial charge >= 0.3 is 0 Å². The van der Waals surface area contributed by atoms with E-state index in [9.17, 15) is 91.3 Å². The van der Waals surface area contributed by atoms with Gasteiger partial charge in [-0.05, 0) is 72.3 Å². The van der Waals surface area contributed by atoms with Gasteiger partial charge in [0, 0.05) is 37.5 Å². The van der Waals surface area contributed by atoms with Gasteiger partial charge in [0.15, 0.2) is 62.9 Å². The van der Waals surface area contributed by atoms with Crippen molar-refractivity contribution in [3.8, 4) is 0 Å². The molecule has 50 atom stereocenters. The smallest absolute Gasteiger partial charge is 0.217 e. The SMILES string of the molecule is C.CC(=O)NC1C(O)OC(CO)[C@@H](O[C@@H]2OC(CO)[C@@H](O[C@@H]3OC(CO[C@H]4OC(CO)[C@@H](O)[C@H](O)C4O)[C@@H](O)[C@H](O[C@H]4O[C@@H](CO)[C@@H](O)C(O)C4O)C3O)[C@H](O)C2NC(C)=O)[C@@H]1O.CCC1O[C@H](OCC2O[C@@H](O[C@@H]3C(CC)O[C@@H](O[C@@H]4C(CC)O[C@@H](OCc5ccccc5)C(C)[C@H]4C)C(C)[C@H]3C)C(OCc3ccccc3)[C@@H](O[C@H]3O[C@@H](CC)[C@@H](C)C(C)C3C)[C@@H]2O)C(C)[C@@H](C)[C@@H]1C.[S-2]. The van der Waals surface area contributed by atoms with E-state index in [0.717, 1.165) is 44.2 Å². The lowest BCUT2D eigenvalue weighted by atomic mass is 9.78. The lowest BCUT2D eigenvalue weighted by Crippen LogP contribution is -2.70. The number of hydrogen-bond acceptors (Lipinski definition) is 38. The van der Waals surface area contributed by atoms with Gasteiger partial charge in [-0.2, -0.15) is 0 Å². The normalized spacial score (nSPS) is 46.1. The van der Waals surface area contributed by atoms with Gasteiger partial charge in [-0.25, -0.2) is 0 Å². The summed E-state index contributed by atoms with van der Waals surface area (Å²) in [6.07, 6.45) is -46.6. The summed E-state index contributed by atoms with van der Waals surface area (Å²) in [5.41, 5.74) is 2.10. The summed E-state index contributed by atoms with van der Waals surface area (Å²) in [5.74, 6) is 0.329. The molecule has 2 aromatic rings. The van der Waals surface area contributed by atoms with E-state index >= 15 is 0 Å². The number of benzene rings is 2. The van der Waals surface area contributed by atoms with Crippen LogP contribution in [0.5, 0.6) is 0 Å². The Balaban J connectivity index is 0.000000299. The molecule has 0 bridgehead atoms. The first-order chi connectivity index (χ1) is 62.9. The second kappa shape index (κ2) is 52.0. The third-order valence-corrected chi connectivity index (χ3v) is 29.0. The fraction of sp³-hybridized carbons (Fsp3) is 0.849. The standard InChI is InChI=1S/C58H92O12.C34H58N2O26.CH4.S/c1-15-44-34(7)32(5)38(11)54(63-44)62-31-48-49(59)52(70-56-39(12)33(6)35(8)45(16-2)64-56)53(60-29-42-25-21-19-22-26-42)58(67-48)69-51-37(10)41(14)57(66-47(51)18-4)68-50-36(9)40(13)55(65-46(50)17-3)61-30-43-27-23-20-24-28-43;1-8(41)35-15-20(46)27(12(5-39)55-30(15)53)60-31-16(36-9(2)42)21(47)28(13(6-40)58-31)61-34-26(52)29(62-33-25(51)23(49)18(44)11(4-38)57-33)19(45)14(59-34)7-54-32-24(50)22(48)17(43)10(3-37)56-32;;/h19-28,32-41,44-59H,15-18,29-31H2,1-14H3;10-34,37-40,43-53H,3-7H2,1-2H3,(H,35,41)(H,36,42);1H4;/q;;;-2/t32-,33?,34-,35-,36+,37+,38?,39?,40?,41?,44?,45-,46?,47?,48?,49+,50-,51-,52-,53?,54-,55+,56+,57-,58-;10?,11-,12?,13?,14?,15?,16?,17+,18+,19+,20+,21+,22-,23?,24?,25?,26?,27+,28+,29-,30?,31-,32-,33+,34-;;/m00../s1. The predicted octanol–water partition coefficient (Wildman–Crippen LogP) is -0.0561. The Morgan fingerprint density at radius 1 is 0.284 bits per heavy atom. The van der Waals surface area contributed by atoms with E-state index in [-0.39, 0.29) is 106 Å². The third-order valence-electron chi connectivity index (χ3n) is 29.0. The zero-order chi connectivity index (χ0) is 96.3. The first-order valence-electron chi connectivity index (χ1n) is 47.0. The second-order valence-electron chi connectivity index (χ2n) is 37.6. The molecule has 10 aliphatic rings. The summed E-state index contributed by atoms with van der Waals surface area (Å²) in [5, 5.41) is 175. The number of aliphatic hydroxyl groups excluding tert-OH is 16. The van der Waals surface area contributed by atoms with E-state index in [1.54, 1.807) is 0 Å². The Labute approximate surface area is 792 Å². The van der Waals surface area contributed by atoms with Crippen molar-refractivity contribution in [2.24, 2.45) is 59.2 Å². The first kappa shape index (κ1) is 114. The largest absolute Gasteiger partial charge is 2.00 e. The minimum absolute atomic E-state index is 0. The minimum Gasteiger partial charge on any atom is -2.00 e. The second-order valence-corrected chi connectivity index (χ2v) is 37.6. The maximum absolute atomic E-state index is 12.6.